The monoisotopic (exact) mass is 244 g/mol. The van der Waals surface area contributed by atoms with E-state index in [2.05, 4.69) is 0 Å². The largest absolute Gasteiger partial charge is 0.480 e. The van der Waals surface area contributed by atoms with Gasteiger partial charge in [-0.1, -0.05) is 61.6 Å². The highest BCUT2D eigenvalue weighted by Crippen LogP contribution is 2.42. The molecule has 0 aromatic heterocycles. The topological polar surface area (TPSA) is 57.5 Å². The summed E-state index contributed by atoms with van der Waals surface area (Å²) < 4.78 is 0. The molecule has 0 saturated carbocycles. The van der Waals surface area contributed by atoms with E-state index in [0.717, 1.165) is 5.56 Å². The van der Waals surface area contributed by atoms with Crippen LogP contribution in [0.15, 0.2) is 54.6 Å². The molecule has 0 aliphatic heterocycles. The van der Waals surface area contributed by atoms with Gasteiger partial charge in [0, 0.05) is 5.92 Å². The lowest BCUT2D eigenvalue weighted by Gasteiger charge is -2.37. The maximum absolute atomic E-state index is 11.7. The molecule has 1 aromatic carbocycles. The summed E-state index contributed by atoms with van der Waals surface area (Å²) in [5.74, 6) is -1.32. The van der Waals surface area contributed by atoms with Crippen LogP contribution in [-0.2, 0) is 4.79 Å². The minimum atomic E-state index is -1.30. The normalized spacial score (nSPS) is 28.0. The number of carboxylic acid groups (broad SMARTS) is 1. The number of carboxylic acids is 1. The van der Waals surface area contributed by atoms with Crippen molar-refractivity contribution in [2.45, 2.75) is 18.9 Å². The van der Waals surface area contributed by atoms with Gasteiger partial charge in [-0.25, -0.2) is 0 Å². The van der Waals surface area contributed by atoms with Crippen LogP contribution in [0.5, 0.6) is 0 Å². The van der Waals surface area contributed by atoms with Gasteiger partial charge in [0.05, 0.1) is 6.10 Å². The van der Waals surface area contributed by atoms with Crippen molar-refractivity contribution in [2.24, 2.45) is 5.41 Å². The molecule has 0 amide bonds. The molecule has 94 valence electrons. The van der Waals surface area contributed by atoms with Crippen molar-refractivity contribution in [3.8, 4) is 0 Å². The second-order valence-corrected chi connectivity index (χ2v) is 4.56. The van der Waals surface area contributed by atoms with E-state index in [1.54, 1.807) is 18.2 Å². The van der Waals surface area contributed by atoms with Gasteiger partial charge in [0.25, 0.3) is 0 Å². The highest BCUT2D eigenvalue weighted by atomic mass is 16.4. The van der Waals surface area contributed by atoms with Crippen molar-refractivity contribution in [1.82, 2.24) is 0 Å². The fourth-order valence-corrected chi connectivity index (χ4v) is 2.44. The van der Waals surface area contributed by atoms with E-state index in [-0.39, 0.29) is 5.92 Å². The predicted octanol–water partition coefficient (Wildman–Crippen LogP) is 2.35. The SMILES string of the molecule is CC(c1ccccc1)C1(C(=O)O)C=CC=CC1O. The summed E-state index contributed by atoms with van der Waals surface area (Å²) in [5, 5.41) is 19.6. The van der Waals surface area contributed by atoms with Gasteiger partial charge in [-0.15, -0.1) is 0 Å². The summed E-state index contributed by atoms with van der Waals surface area (Å²) in [6, 6.07) is 9.39. The Hall–Kier alpha value is -1.87. The Bertz CT molecular complexity index is 490. The smallest absolute Gasteiger partial charge is 0.317 e. The lowest BCUT2D eigenvalue weighted by molar-refractivity contribution is -0.152. The molecule has 2 N–H and O–H groups in total. The maximum atomic E-state index is 11.7. The Balaban J connectivity index is 2.46. The van der Waals surface area contributed by atoms with Gasteiger partial charge in [-0.2, -0.15) is 0 Å². The number of hydrogen-bond acceptors (Lipinski definition) is 2. The van der Waals surface area contributed by atoms with E-state index >= 15 is 0 Å². The third-order valence-electron chi connectivity index (χ3n) is 3.65. The molecule has 0 radical (unpaired) electrons. The number of carbonyl (C=O) groups is 1. The second kappa shape index (κ2) is 4.78. The van der Waals surface area contributed by atoms with Gasteiger partial charge < -0.3 is 10.2 Å². The van der Waals surface area contributed by atoms with Crippen LogP contribution in [0.4, 0.5) is 0 Å². The summed E-state index contributed by atoms with van der Waals surface area (Å²) >= 11 is 0. The van der Waals surface area contributed by atoms with E-state index in [1.165, 1.54) is 6.08 Å². The number of allylic oxidation sites excluding steroid dienone is 2. The van der Waals surface area contributed by atoms with Gasteiger partial charge in [-0.05, 0) is 5.56 Å². The summed E-state index contributed by atoms with van der Waals surface area (Å²) in [7, 11) is 0. The average Bonchev–Trinajstić information content (AvgIpc) is 2.39. The predicted molar refractivity (Wildman–Crippen MR) is 69.2 cm³/mol. The van der Waals surface area contributed by atoms with Crippen LogP contribution in [0.25, 0.3) is 0 Å². The molecule has 3 unspecified atom stereocenters. The quantitative estimate of drug-likeness (QED) is 0.858. The first-order valence-corrected chi connectivity index (χ1v) is 5.91. The Labute approximate surface area is 106 Å². The zero-order valence-corrected chi connectivity index (χ0v) is 10.2. The average molecular weight is 244 g/mol. The van der Waals surface area contributed by atoms with Crippen LogP contribution in [0.3, 0.4) is 0 Å². The number of hydrogen-bond donors (Lipinski definition) is 2. The summed E-state index contributed by atoms with van der Waals surface area (Å²) in [5.41, 5.74) is -0.394. The molecule has 3 nitrogen and oxygen atoms in total. The first-order valence-electron chi connectivity index (χ1n) is 5.91. The van der Waals surface area contributed by atoms with Gasteiger partial charge in [0.2, 0.25) is 0 Å². The lowest BCUT2D eigenvalue weighted by atomic mass is 9.67. The van der Waals surface area contributed by atoms with E-state index in [4.69, 9.17) is 0 Å². The zero-order chi connectivity index (χ0) is 13.2. The first kappa shape index (κ1) is 12.6. The Morgan fingerprint density at radius 1 is 1.28 bits per heavy atom. The number of aliphatic hydroxyl groups excluding tert-OH is 1. The number of rotatable bonds is 3. The van der Waals surface area contributed by atoms with E-state index in [0.29, 0.717) is 0 Å². The van der Waals surface area contributed by atoms with Crippen LogP contribution < -0.4 is 0 Å². The summed E-state index contributed by atoms with van der Waals surface area (Å²) in [6.45, 7) is 1.83. The lowest BCUT2D eigenvalue weighted by Crippen LogP contribution is -2.45. The summed E-state index contributed by atoms with van der Waals surface area (Å²) in [6.07, 6.45) is 5.44. The molecular formula is C15H16O3. The van der Waals surface area contributed by atoms with E-state index < -0.39 is 17.5 Å². The van der Waals surface area contributed by atoms with Gasteiger partial charge in [-0.3, -0.25) is 4.79 Å². The molecule has 0 saturated heterocycles. The third kappa shape index (κ3) is 1.87. The van der Waals surface area contributed by atoms with Crippen LogP contribution >= 0.6 is 0 Å². The van der Waals surface area contributed by atoms with Crippen LogP contribution in [0, 0.1) is 5.41 Å². The third-order valence-corrected chi connectivity index (χ3v) is 3.65. The molecule has 0 fully saturated rings. The molecule has 2 rings (SSSR count). The van der Waals surface area contributed by atoms with Crippen molar-refractivity contribution < 1.29 is 15.0 Å². The highest BCUT2D eigenvalue weighted by Gasteiger charge is 2.48. The fourth-order valence-electron chi connectivity index (χ4n) is 2.44. The van der Waals surface area contributed by atoms with Gasteiger partial charge in [0.15, 0.2) is 0 Å². The van der Waals surface area contributed by atoms with Crippen LogP contribution in [-0.4, -0.2) is 22.3 Å². The maximum Gasteiger partial charge on any atom is 0.317 e. The fraction of sp³-hybridized carbons (Fsp3) is 0.267. The van der Waals surface area contributed by atoms with Crippen molar-refractivity contribution in [2.75, 3.05) is 0 Å². The molecule has 3 atom stereocenters. The molecule has 1 aliphatic rings. The number of aliphatic hydroxyl groups is 1. The standard InChI is InChI=1S/C15H16O3/c1-11(12-7-3-2-4-8-12)15(14(17)18)10-6-5-9-13(15)16/h2-11,13,16H,1H3,(H,17,18). The molecule has 0 heterocycles. The van der Waals surface area contributed by atoms with Crippen molar-refractivity contribution in [1.29, 1.82) is 0 Å². The number of benzene rings is 1. The first-order chi connectivity index (χ1) is 8.59. The van der Waals surface area contributed by atoms with Gasteiger partial charge in [0.1, 0.15) is 5.41 Å². The minimum Gasteiger partial charge on any atom is -0.480 e. The van der Waals surface area contributed by atoms with Crippen LogP contribution in [0.2, 0.25) is 0 Å². The molecule has 0 bridgehead atoms. The molecule has 0 spiro atoms. The number of aliphatic carboxylic acids is 1. The van der Waals surface area contributed by atoms with Crippen LogP contribution in [0.1, 0.15) is 18.4 Å². The highest BCUT2D eigenvalue weighted by molar-refractivity contribution is 5.80. The molecule has 1 aromatic rings. The Kier molecular flexibility index (Phi) is 3.34. The van der Waals surface area contributed by atoms with Crippen molar-refractivity contribution in [3.63, 3.8) is 0 Å². The molecule has 3 heteroatoms. The van der Waals surface area contributed by atoms with Gasteiger partial charge >= 0.3 is 5.97 Å². The van der Waals surface area contributed by atoms with Crippen molar-refractivity contribution >= 4 is 5.97 Å². The molecular weight excluding hydrogens is 228 g/mol. The zero-order valence-electron chi connectivity index (χ0n) is 10.2. The van der Waals surface area contributed by atoms with E-state index in [9.17, 15) is 15.0 Å². The minimum absolute atomic E-state index is 0.313. The summed E-state index contributed by atoms with van der Waals surface area (Å²) in [4.78, 5) is 11.7. The van der Waals surface area contributed by atoms with E-state index in [1.807, 2.05) is 37.3 Å². The molecule has 1 aliphatic carbocycles. The Morgan fingerprint density at radius 3 is 2.50 bits per heavy atom. The van der Waals surface area contributed by atoms with Crippen molar-refractivity contribution in [3.05, 3.63) is 60.2 Å². The second-order valence-electron chi connectivity index (χ2n) is 4.56. The molecule has 18 heavy (non-hydrogen) atoms. The Morgan fingerprint density at radius 2 is 1.94 bits per heavy atom.